The van der Waals surface area contributed by atoms with Gasteiger partial charge in [0.2, 0.25) is 0 Å². The van der Waals surface area contributed by atoms with Crippen LogP contribution in [0.1, 0.15) is 30.6 Å². The first-order chi connectivity index (χ1) is 8.04. The molecule has 0 aliphatic carbocycles. The van der Waals surface area contributed by atoms with E-state index in [4.69, 9.17) is 16.9 Å². The van der Waals surface area contributed by atoms with Crippen molar-refractivity contribution in [1.29, 1.82) is 0 Å². The first kappa shape index (κ1) is 13.3. The molecule has 3 heteroatoms. The normalized spacial score (nSPS) is 11.9. The van der Waals surface area contributed by atoms with Crippen molar-refractivity contribution in [3.8, 4) is 18.1 Å². The Labute approximate surface area is 102 Å². The van der Waals surface area contributed by atoms with Gasteiger partial charge in [0.1, 0.15) is 5.75 Å². The maximum Gasteiger partial charge on any atom is 0.180 e. The molecule has 90 valence electrons. The third-order valence-corrected chi connectivity index (χ3v) is 2.19. The number of Topliss-reactive ketones (excluding diaryl/α,β-unsaturated/α-hetero) is 1. The summed E-state index contributed by atoms with van der Waals surface area (Å²) in [6.07, 6.45) is 5.49. The molecule has 0 fully saturated rings. The molecule has 1 aromatic rings. The summed E-state index contributed by atoms with van der Waals surface area (Å²) in [6.45, 7) is 3.89. The van der Waals surface area contributed by atoms with Crippen molar-refractivity contribution in [3.63, 3.8) is 0 Å². The summed E-state index contributed by atoms with van der Waals surface area (Å²) in [5, 5.41) is 0. The Morgan fingerprint density at radius 3 is 2.47 bits per heavy atom. The van der Waals surface area contributed by atoms with Gasteiger partial charge in [-0.25, -0.2) is 0 Å². The van der Waals surface area contributed by atoms with Crippen LogP contribution in [0.5, 0.6) is 5.75 Å². The third kappa shape index (κ3) is 3.93. The predicted octanol–water partition coefficient (Wildman–Crippen LogP) is 2.01. The van der Waals surface area contributed by atoms with E-state index in [1.165, 1.54) is 0 Å². The lowest BCUT2D eigenvalue weighted by Crippen LogP contribution is -2.29. The van der Waals surface area contributed by atoms with Gasteiger partial charge >= 0.3 is 0 Å². The highest BCUT2D eigenvalue weighted by Crippen LogP contribution is 2.15. The van der Waals surface area contributed by atoms with Gasteiger partial charge in [-0.1, -0.05) is 0 Å². The smallest absolute Gasteiger partial charge is 0.180 e. The minimum Gasteiger partial charge on any atom is -0.491 e. The van der Waals surface area contributed by atoms with Gasteiger partial charge in [-0.15, -0.1) is 12.3 Å². The zero-order valence-electron chi connectivity index (χ0n) is 10.1. The van der Waals surface area contributed by atoms with Gasteiger partial charge < -0.3 is 10.5 Å². The molecule has 0 aromatic heterocycles. The Morgan fingerprint density at radius 2 is 2.00 bits per heavy atom. The van der Waals surface area contributed by atoms with E-state index in [0.29, 0.717) is 5.56 Å². The molecule has 0 spiro atoms. The first-order valence-corrected chi connectivity index (χ1v) is 5.54. The third-order valence-electron chi connectivity index (χ3n) is 2.19. The number of terminal acetylenes is 1. The van der Waals surface area contributed by atoms with Crippen molar-refractivity contribution in [3.05, 3.63) is 29.8 Å². The van der Waals surface area contributed by atoms with Crippen LogP contribution in [0.15, 0.2) is 24.3 Å². The van der Waals surface area contributed by atoms with E-state index in [1.807, 2.05) is 13.8 Å². The second-order valence-electron chi connectivity index (χ2n) is 4.07. The molecule has 0 radical (unpaired) electrons. The van der Waals surface area contributed by atoms with E-state index >= 15 is 0 Å². The van der Waals surface area contributed by atoms with Crippen molar-refractivity contribution in [1.82, 2.24) is 0 Å². The molecule has 0 aliphatic rings. The fourth-order valence-corrected chi connectivity index (χ4v) is 1.40. The van der Waals surface area contributed by atoms with Gasteiger partial charge in [-0.2, -0.15) is 0 Å². The van der Waals surface area contributed by atoms with Crippen molar-refractivity contribution >= 4 is 5.78 Å². The highest BCUT2D eigenvalue weighted by atomic mass is 16.5. The minimum atomic E-state index is -0.628. The van der Waals surface area contributed by atoms with Crippen LogP contribution in [0.25, 0.3) is 0 Å². The molecule has 1 aromatic carbocycles. The van der Waals surface area contributed by atoms with Gasteiger partial charge in [0.05, 0.1) is 12.1 Å². The molecule has 3 nitrogen and oxygen atoms in total. The number of carbonyl (C=O) groups is 1. The molecule has 2 N–H and O–H groups in total. The SMILES string of the molecule is C#CCC(N)C(=O)c1ccc(OC(C)C)cc1. The van der Waals surface area contributed by atoms with E-state index in [1.54, 1.807) is 24.3 Å². The average molecular weight is 231 g/mol. The molecule has 0 saturated heterocycles. The van der Waals surface area contributed by atoms with Crippen LogP contribution < -0.4 is 10.5 Å². The van der Waals surface area contributed by atoms with Gasteiger partial charge in [0.25, 0.3) is 0 Å². The van der Waals surface area contributed by atoms with Gasteiger partial charge in [0.15, 0.2) is 5.78 Å². The van der Waals surface area contributed by atoms with Gasteiger partial charge in [0, 0.05) is 12.0 Å². The number of rotatable bonds is 5. The number of ether oxygens (including phenoxy) is 1. The fourth-order valence-electron chi connectivity index (χ4n) is 1.40. The lowest BCUT2D eigenvalue weighted by molar-refractivity contribution is 0.0963. The number of ketones is 1. The maximum atomic E-state index is 11.8. The minimum absolute atomic E-state index is 0.111. The predicted molar refractivity (Wildman–Crippen MR) is 68.0 cm³/mol. The summed E-state index contributed by atoms with van der Waals surface area (Å²) in [6, 6.07) is 6.30. The summed E-state index contributed by atoms with van der Waals surface area (Å²) in [5.41, 5.74) is 6.21. The highest BCUT2D eigenvalue weighted by Gasteiger charge is 2.14. The summed E-state index contributed by atoms with van der Waals surface area (Å²) in [7, 11) is 0. The largest absolute Gasteiger partial charge is 0.491 e. The Bertz CT molecular complexity index is 415. The van der Waals surface area contributed by atoms with Crippen LogP contribution in [-0.2, 0) is 0 Å². The van der Waals surface area contributed by atoms with Gasteiger partial charge in [-0.3, -0.25) is 4.79 Å². The topological polar surface area (TPSA) is 52.3 Å². The molecule has 0 heterocycles. The van der Waals surface area contributed by atoms with Crippen LogP contribution >= 0.6 is 0 Å². The van der Waals surface area contributed by atoms with Crippen LogP contribution in [-0.4, -0.2) is 17.9 Å². The lowest BCUT2D eigenvalue weighted by atomic mass is 10.0. The molecule has 17 heavy (non-hydrogen) atoms. The van der Waals surface area contributed by atoms with Crippen LogP contribution in [0.4, 0.5) is 0 Å². The van der Waals surface area contributed by atoms with Crippen molar-refractivity contribution < 1.29 is 9.53 Å². The summed E-state index contributed by atoms with van der Waals surface area (Å²) < 4.78 is 5.48. The Hall–Kier alpha value is -1.79. The average Bonchev–Trinajstić information content (AvgIpc) is 2.28. The lowest BCUT2D eigenvalue weighted by Gasteiger charge is -2.11. The van der Waals surface area contributed by atoms with E-state index in [2.05, 4.69) is 5.92 Å². The number of carbonyl (C=O) groups excluding carboxylic acids is 1. The maximum absolute atomic E-state index is 11.8. The second kappa shape index (κ2) is 6.07. The monoisotopic (exact) mass is 231 g/mol. The molecule has 1 unspecified atom stereocenters. The van der Waals surface area contributed by atoms with Crippen LogP contribution in [0, 0.1) is 12.3 Å². The molecule has 0 bridgehead atoms. The standard InChI is InChI=1S/C14H17NO2/c1-4-5-13(15)14(16)11-6-8-12(9-7-11)17-10(2)3/h1,6-10,13H,5,15H2,2-3H3. The van der Waals surface area contributed by atoms with E-state index in [9.17, 15) is 4.79 Å². The number of hydrogen-bond acceptors (Lipinski definition) is 3. The molecular formula is C14H17NO2. The summed E-state index contributed by atoms with van der Waals surface area (Å²) >= 11 is 0. The van der Waals surface area contributed by atoms with E-state index in [0.717, 1.165) is 5.75 Å². The van der Waals surface area contributed by atoms with E-state index in [-0.39, 0.29) is 18.3 Å². The summed E-state index contributed by atoms with van der Waals surface area (Å²) in [4.78, 5) is 11.8. The zero-order valence-corrected chi connectivity index (χ0v) is 10.1. The molecule has 1 rings (SSSR count). The Balaban J connectivity index is 2.74. The number of benzene rings is 1. The van der Waals surface area contributed by atoms with Crippen molar-refractivity contribution in [2.75, 3.05) is 0 Å². The zero-order chi connectivity index (χ0) is 12.8. The van der Waals surface area contributed by atoms with Crippen LogP contribution in [0.2, 0.25) is 0 Å². The van der Waals surface area contributed by atoms with Crippen molar-refractivity contribution in [2.45, 2.75) is 32.4 Å². The van der Waals surface area contributed by atoms with Crippen LogP contribution in [0.3, 0.4) is 0 Å². The van der Waals surface area contributed by atoms with Gasteiger partial charge in [-0.05, 0) is 38.1 Å². The highest BCUT2D eigenvalue weighted by molar-refractivity contribution is 6.00. The molecule has 0 aliphatic heterocycles. The number of nitrogens with two attached hydrogens (primary N) is 1. The Kier molecular flexibility index (Phi) is 4.74. The number of hydrogen-bond donors (Lipinski definition) is 1. The fraction of sp³-hybridized carbons (Fsp3) is 0.357. The Morgan fingerprint density at radius 1 is 1.41 bits per heavy atom. The molecular weight excluding hydrogens is 214 g/mol. The molecule has 1 atom stereocenters. The molecule has 0 amide bonds. The second-order valence-corrected chi connectivity index (χ2v) is 4.07. The quantitative estimate of drug-likeness (QED) is 0.623. The van der Waals surface area contributed by atoms with E-state index < -0.39 is 6.04 Å². The molecule has 0 saturated carbocycles. The first-order valence-electron chi connectivity index (χ1n) is 5.54. The summed E-state index contributed by atoms with van der Waals surface area (Å²) in [5.74, 6) is 2.98. The van der Waals surface area contributed by atoms with Crippen molar-refractivity contribution in [2.24, 2.45) is 5.73 Å².